The Morgan fingerprint density at radius 3 is 2.64 bits per heavy atom. The summed E-state index contributed by atoms with van der Waals surface area (Å²) in [6.45, 7) is 2.01. The molecule has 3 rings (SSSR count). The van der Waals surface area contributed by atoms with Gasteiger partial charge >= 0.3 is 0 Å². The van der Waals surface area contributed by atoms with Gasteiger partial charge in [-0.25, -0.2) is 4.98 Å². The minimum Gasteiger partial charge on any atom is -0.351 e. The second-order valence-electron chi connectivity index (χ2n) is 5.17. The summed E-state index contributed by atoms with van der Waals surface area (Å²) >= 11 is 6.30. The van der Waals surface area contributed by atoms with Gasteiger partial charge in [-0.2, -0.15) is 0 Å². The number of thiazole rings is 1. The molecule has 8 heteroatoms. The standard InChI is InChI=1S/C17H14BrN3O2S2/c1-10(22)19-8-13-6-7-15(25-13)14-9-24-17(20-14)21-16(23)11-2-4-12(18)5-3-11/h2-7,9H,8H2,1H3,(H,19,22)(H,20,21,23). The van der Waals surface area contributed by atoms with Crippen molar-refractivity contribution in [3.63, 3.8) is 0 Å². The Kier molecular flexibility index (Phi) is 5.62. The third-order valence-electron chi connectivity index (χ3n) is 3.26. The van der Waals surface area contributed by atoms with Crippen LogP contribution in [0.4, 0.5) is 5.13 Å². The fourth-order valence-corrected chi connectivity index (χ4v) is 3.99. The number of halogens is 1. The van der Waals surface area contributed by atoms with E-state index in [-0.39, 0.29) is 11.8 Å². The van der Waals surface area contributed by atoms with Crippen LogP contribution in [0.1, 0.15) is 22.2 Å². The summed E-state index contributed by atoms with van der Waals surface area (Å²) in [5.41, 5.74) is 1.39. The van der Waals surface area contributed by atoms with Gasteiger partial charge < -0.3 is 5.32 Å². The average molecular weight is 436 g/mol. The van der Waals surface area contributed by atoms with E-state index in [4.69, 9.17) is 0 Å². The first kappa shape index (κ1) is 17.8. The van der Waals surface area contributed by atoms with Crippen LogP contribution in [0.5, 0.6) is 0 Å². The van der Waals surface area contributed by atoms with Crippen LogP contribution in [-0.4, -0.2) is 16.8 Å². The molecule has 0 radical (unpaired) electrons. The normalized spacial score (nSPS) is 10.5. The van der Waals surface area contributed by atoms with Gasteiger partial charge in [0.25, 0.3) is 5.91 Å². The van der Waals surface area contributed by atoms with E-state index in [1.54, 1.807) is 23.5 Å². The molecule has 1 aromatic carbocycles. The molecule has 0 aliphatic carbocycles. The zero-order chi connectivity index (χ0) is 17.8. The van der Waals surface area contributed by atoms with Crippen LogP contribution in [0.15, 0.2) is 46.3 Å². The number of amides is 2. The van der Waals surface area contributed by atoms with Gasteiger partial charge in [0.1, 0.15) is 0 Å². The van der Waals surface area contributed by atoms with Crippen molar-refractivity contribution in [3.05, 3.63) is 56.7 Å². The van der Waals surface area contributed by atoms with Crippen molar-refractivity contribution in [1.82, 2.24) is 10.3 Å². The highest BCUT2D eigenvalue weighted by Gasteiger charge is 2.11. The Morgan fingerprint density at radius 1 is 1.16 bits per heavy atom. The third kappa shape index (κ3) is 4.75. The first-order valence-electron chi connectivity index (χ1n) is 7.37. The zero-order valence-electron chi connectivity index (χ0n) is 13.2. The lowest BCUT2D eigenvalue weighted by atomic mass is 10.2. The van der Waals surface area contributed by atoms with Gasteiger partial charge in [-0.15, -0.1) is 22.7 Å². The number of nitrogens with one attached hydrogen (secondary N) is 2. The highest BCUT2D eigenvalue weighted by molar-refractivity contribution is 9.10. The molecule has 2 amide bonds. The summed E-state index contributed by atoms with van der Waals surface area (Å²) in [7, 11) is 0. The fraction of sp³-hybridized carbons (Fsp3) is 0.118. The van der Waals surface area contributed by atoms with E-state index >= 15 is 0 Å². The molecule has 0 saturated heterocycles. The van der Waals surface area contributed by atoms with Gasteiger partial charge in [-0.05, 0) is 36.4 Å². The maximum Gasteiger partial charge on any atom is 0.257 e. The summed E-state index contributed by atoms with van der Waals surface area (Å²) in [5.74, 6) is -0.243. The summed E-state index contributed by atoms with van der Waals surface area (Å²) in [5, 5.41) is 8.05. The SMILES string of the molecule is CC(=O)NCc1ccc(-c2csc(NC(=O)c3ccc(Br)cc3)n2)s1. The lowest BCUT2D eigenvalue weighted by molar-refractivity contribution is -0.119. The van der Waals surface area contributed by atoms with E-state index in [1.807, 2.05) is 29.6 Å². The lowest BCUT2D eigenvalue weighted by Gasteiger charge is -2.01. The Bertz CT molecular complexity index is 903. The second kappa shape index (κ2) is 7.90. The smallest absolute Gasteiger partial charge is 0.257 e. The molecule has 3 aromatic rings. The van der Waals surface area contributed by atoms with Crippen molar-refractivity contribution in [2.45, 2.75) is 13.5 Å². The van der Waals surface area contributed by atoms with Crippen molar-refractivity contribution >= 4 is 55.5 Å². The highest BCUT2D eigenvalue weighted by atomic mass is 79.9. The number of nitrogens with zero attached hydrogens (tertiary/aromatic N) is 1. The van der Waals surface area contributed by atoms with Gasteiger partial charge in [-0.1, -0.05) is 15.9 Å². The Balaban J connectivity index is 1.67. The van der Waals surface area contributed by atoms with Gasteiger partial charge in [0, 0.05) is 27.2 Å². The minimum absolute atomic E-state index is 0.0541. The predicted molar refractivity (Wildman–Crippen MR) is 105 cm³/mol. The molecule has 5 nitrogen and oxygen atoms in total. The molecule has 0 bridgehead atoms. The maximum atomic E-state index is 12.2. The molecule has 128 valence electrons. The Hall–Kier alpha value is -2.03. The molecule has 0 unspecified atom stereocenters. The third-order valence-corrected chi connectivity index (χ3v) is 5.65. The Morgan fingerprint density at radius 2 is 1.92 bits per heavy atom. The summed E-state index contributed by atoms with van der Waals surface area (Å²) in [6.07, 6.45) is 0. The van der Waals surface area contributed by atoms with Crippen molar-refractivity contribution in [3.8, 4) is 10.6 Å². The highest BCUT2D eigenvalue weighted by Crippen LogP contribution is 2.31. The number of thiophene rings is 1. The van der Waals surface area contributed by atoms with E-state index in [0.717, 1.165) is 19.9 Å². The first-order valence-corrected chi connectivity index (χ1v) is 9.86. The van der Waals surface area contributed by atoms with Crippen molar-refractivity contribution in [1.29, 1.82) is 0 Å². The van der Waals surface area contributed by atoms with E-state index < -0.39 is 0 Å². The molecule has 2 N–H and O–H groups in total. The number of hydrogen-bond acceptors (Lipinski definition) is 5. The molecule has 2 aromatic heterocycles. The number of benzene rings is 1. The van der Waals surface area contributed by atoms with E-state index in [9.17, 15) is 9.59 Å². The molecular formula is C17H14BrN3O2S2. The number of rotatable bonds is 5. The lowest BCUT2D eigenvalue weighted by Crippen LogP contribution is -2.17. The molecule has 0 spiro atoms. The number of hydrogen-bond donors (Lipinski definition) is 2. The van der Waals surface area contributed by atoms with E-state index in [2.05, 4.69) is 31.5 Å². The number of aromatic nitrogens is 1. The van der Waals surface area contributed by atoms with Crippen LogP contribution < -0.4 is 10.6 Å². The Labute approximate surface area is 161 Å². The molecule has 0 aliphatic heterocycles. The molecule has 25 heavy (non-hydrogen) atoms. The quantitative estimate of drug-likeness (QED) is 0.618. The fourth-order valence-electron chi connectivity index (χ4n) is 2.04. The summed E-state index contributed by atoms with van der Waals surface area (Å²) in [6, 6.07) is 11.1. The van der Waals surface area contributed by atoms with E-state index in [0.29, 0.717) is 17.2 Å². The molecule has 0 aliphatic rings. The predicted octanol–water partition coefficient (Wildman–Crippen LogP) is 4.52. The van der Waals surface area contributed by atoms with Crippen LogP contribution in [0, 0.1) is 0 Å². The van der Waals surface area contributed by atoms with Gasteiger partial charge in [0.05, 0.1) is 17.1 Å². The van der Waals surface area contributed by atoms with Crippen LogP contribution in [0.25, 0.3) is 10.6 Å². The topological polar surface area (TPSA) is 71.1 Å². The number of anilines is 1. The molecule has 2 heterocycles. The first-order chi connectivity index (χ1) is 12.0. The largest absolute Gasteiger partial charge is 0.351 e. The summed E-state index contributed by atoms with van der Waals surface area (Å²) < 4.78 is 0.924. The molecule has 0 fully saturated rings. The van der Waals surface area contributed by atoms with Crippen LogP contribution >= 0.6 is 38.6 Å². The maximum absolute atomic E-state index is 12.2. The minimum atomic E-state index is -0.189. The van der Waals surface area contributed by atoms with Crippen molar-refractivity contribution in [2.24, 2.45) is 0 Å². The monoisotopic (exact) mass is 435 g/mol. The number of carbonyl (C=O) groups excluding carboxylic acids is 2. The number of carbonyl (C=O) groups is 2. The van der Waals surface area contributed by atoms with Crippen LogP contribution in [-0.2, 0) is 11.3 Å². The van der Waals surface area contributed by atoms with Crippen LogP contribution in [0.3, 0.4) is 0 Å². The van der Waals surface area contributed by atoms with Crippen molar-refractivity contribution < 1.29 is 9.59 Å². The second-order valence-corrected chi connectivity index (χ2v) is 8.12. The van der Waals surface area contributed by atoms with Crippen molar-refractivity contribution in [2.75, 3.05) is 5.32 Å². The molecular weight excluding hydrogens is 422 g/mol. The van der Waals surface area contributed by atoms with Gasteiger partial charge in [0.2, 0.25) is 5.91 Å². The van der Waals surface area contributed by atoms with Crippen LogP contribution in [0.2, 0.25) is 0 Å². The van der Waals surface area contributed by atoms with E-state index in [1.165, 1.54) is 18.3 Å². The van der Waals surface area contributed by atoms with Gasteiger partial charge in [-0.3, -0.25) is 14.9 Å². The average Bonchev–Trinajstić information content (AvgIpc) is 3.22. The molecule has 0 saturated carbocycles. The zero-order valence-corrected chi connectivity index (χ0v) is 16.4. The molecule has 0 atom stereocenters. The van der Waals surface area contributed by atoms with Gasteiger partial charge in [0.15, 0.2) is 5.13 Å². The summed E-state index contributed by atoms with van der Waals surface area (Å²) in [4.78, 5) is 29.7.